The molecule has 0 radical (unpaired) electrons. The van der Waals surface area contributed by atoms with E-state index < -0.39 is 0 Å². The van der Waals surface area contributed by atoms with Crippen LogP contribution in [0.15, 0.2) is 52.8 Å². The summed E-state index contributed by atoms with van der Waals surface area (Å²) in [6.45, 7) is 0. The van der Waals surface area contributed by atoms with E-state index in [1.807, 2.05) is 0 Å². The van der Waals surface area contributed by atoms with Gasteiger partial charge in [0, 0.05) is 6.20 Å². The molecule has 2 rings (SSSR count). The van der Waals surface area contributed by atoms with Crippen LogP contribution in [0.2, 0.25) is 0 Å². The molecule has 0 unspecified atom stereocenters. The molecule has 1 aromatic heterocycles. The summed E-state index contributed by atoms with van der Waals surface area (Å²) in [6, 6.07) is 9.56. The molecule has 0 aliphatic heterocycles. The molecule has 0 amide bonds. The van der Waals surface area contributed by atoms with E-state index in [0.717, 1.165) is 0 Å². The van der Waals surface area contributed by atoms with E-state index in [1.54, 1.807) is 24.4 Å². The van der Waals surface area contributed by atoms with Gasteiger partial charge in [0.2, 0.25) is 0 Å². The predicted molar refractivity (Wildman–Crippen MR) is 72.5 cm³/mol. The van der Waals surface area contributed by atoms with Gasteiger partial charge in [0.25, 0.3) is 0 Å². The summed E-state index contributed by atoms with van der Waals surface area (Å²) < 4.78 is 0. The number of pyridine rings is 1. The van der Waals surface area contributed by atoms with Crippen LogP contribution in [0.4, 0.5) is 11.5 Å². The molecule has 0 spiro atoms. The Morgan fingerprint density at radius 3 is 2.06 bits per heavy atom. The second-order valence-electron chi connectivity index (χ2n) is 3.03. The number of azo groups is 1. The first-order valence-electron chi connectivity index (χ1n) is 4.61. The second-order valence-corrected chi connectivity index (χ2v) is 3.03. The van der Waals surface area contributed by atoms with Gasteiger partial charge >= 0.3 is 59.1 Å². The minimum atomic E-state index is -0.125. The van der Waals surface area contributed by atoms with Crippen molar-refractivity contribution in [2.75, 3.05) is 0 Å². The van der Waals surface area contributed by atoms with Crippen LogP contribution in [0, 0.1) is 0 Å². The van der Waals surface area contributed by atoms with Gasteiger partial charge in [-0.3, -0.25) is 0 Å². The van der Waals surface area contributed by atoms with Crippen LogP contribution >= 0.6 is 0 Å². The van der Waals surface area contributed by atoms with Crippen LogP contribution in [0.5, 0.6) is 11.5 Å². The number of hydrogen-bond donors (Lipinski definition) is 2. The van der Waals surface area contributed by atoms with Gasteiger partial charge in [0.1, 0.15) is 11.5 Å². The van der Waals surface area contributed by atoms with Crippen LogP contribution in [0.3, 0.4) is 0 Å². The maximum atomic E-state index is 9.44. The van der Waals surface area contributed by atoms with E-state index in [4.69, 9.17) is 0 Å². The third kappa shape index (κ3) is 4.68. The standard InChI is InChI=1S/C11H9N3O2.2Na.2H/c15-8-4-3-5-9(16)11(8)14-13-10-6-1-2-7-12-10;;;;/h1-7,15-16H;;;;. The molecule has 2 aromatic rings. The van der Waals surface area contributed by atoms with Crippen LogP contribution < -0.4 is 0 Å². The number of phenols is 2. The Kier molecular flexibility index (Phi) is 8.43. The van der Waals surface area contributed by atoms with Crippen molar-refractivity contribution in [3.05, 3.63) is 42.6 Å². The molecule has 0 bridgehead atoms. The average Bonchev–Trinajstić information content (AvgIpc) is 2.30. The summed E-state index contributed by atoms with van der Waals surface area (Å²) >= 11 is 0. The van der Waals surface area contributed by atoms with Crippen LogP contribution in [-0.2, 0) is 0 Å². The molecule has 0 saturated heterocycles. The Balaban J connectivity index is 0.00000144. The van der Waals surface area contributed by atoms with E-state index in [2.05, 4.69) is 15.2 Å². The number of phenolic OH excluding ortho intramolecular Hbond substituents is 2. The quantitative estimate of drug-likeness (QED) is 0.638. The van der Waals surface area contributed by atoms with Crippen molar-refractivity contribution in [3.8, 4) is 11.5 Å². The zero-order valence-electron chi connectivity index (χ0n) is 8.28. The molecule has 0 fully saturated rings. The van der Waals surface area contributed by atoms with Crippen molar-refractivity contribution in [1.29, 1.82) is 0 Å². The van der Waals surface area contributed by atoms with Gasteiger partial charge in [-0.25, -0.2) is 4.98 Å². The summed E-state index contributed by atoms with van der Waals surface area (Å²) in [4.78, 5) is 3.93. The van der Waals surface area contributed by atoms with Crippen molar-refractivity contribution in [2.24, 2.45) is 10.2 Å². The van der Waals surface area contributed by atoms with Crippen molar-refractivity contribution in [3.63, 3.8) is 0 Å². The first-order chi connectivity index (χ1) is 7.77. The SMILES string of the molecule is Oc1cccc(O)c1N=Nc1ccccn1.[NaH].[NaH]. The second kappa shape index (κ2) is 8.63. The topological polar surface area (TPSA) is 78.1 Å². The molecule has 0 atom stereocenters. The molecule has 84 valence electrons. The number of aromatic hydroxyl groups is 2. The number of benzene rings is 1. The minimum absolute atomic E-state index is 0. The van der Waals surface area contributed by atoms with Crippen molar-refractivity contribution in [2.45, 2.75) is 0 Å². The Bertz CT molecular complexity index is 501. The van der Waals surface area contributed by atoms with Gasteiger partial charge < -0.3 is 10.2 Å². The van der Waals surface area contributed by atoms with Crippen molar-refractivity contribution >= 4 is 70.6 Å². The van der Waals surface area contributed by atoms with Crippen molar-refractivity contribution < 1.29 is 10.2 Å². The van der Waals surface area contributed by atoms with E-state index >= 15 is 0 Å². The van der Waals surface area contributed by atoms with Crippen LogP contribution in [0.25, 0.3) is 0 Å². The Morgan fingerprint density at radius 2 is 1.50 bits per heavy atom. The summed E-state index contributed by atoms with van der Waals surface area (Å²) in [5.41, 5.74) is 0.0353. The van der Waals surface area contributed by atoms with Gasteiger partial charge in [-0.2, -0.15) is 0 Å². The van der Waals surface area contributed by atoms with Gasteiger partial charge in [-0.15, -0.1) is 10.2 Å². The Morgan fingerprint density at radius 1 is 0.833 bits per heavy atom. The van der Waals surface area contributed by atoms with E-state index in [0.29, 0.717) is 5.82 Å². The number of hydrogen-bond acceptors (Lipinski definition) is 5. The molecule has 1 aromatic carbocycles. The average molecular weight is 263 g/mol. The van der Waals surface area contributed by atoms with E-state index in [-0.39, 0.29) is 76.3 Å². The van der Waals surface area contributed by atoms with E-state index in [1.165, 1.54) is 18.2 Å². The van der Waals surface area contributed by atoms with Gasteiger partial charge in [0.15, 0.2) is 11.5 Å². The van der Waals surface area contributed by atoms with Crippen molar-refractivity contribution in [1.82, 2.24) is 4.98 Å². The van der Waals surface area contributed by atoms with Gasteiger partial charge in [-0.1, -0.05) is 12.1 Å². The van der Waals surface area contributed by atoms with Crippen LogP contribution in [0.1, 0.15) is 0 Å². The summed E-state index contributed by atoms with van der Waals surface area (Å²) in [6.07, 6.45) is 1.58. The first-order valence-corrected chi connectivity index (χ1v) is 4.61. The monoisotopic (exact) mass is 263 g/mol. The predicted octanol–water partition coefficient (Wildman–Crippen LogP) is 1.61. The molecule has 5 nitrogen and oxygen atoms in total. The molecule has 0 saturated carbocycles. The van der Waals surface area contributed by atoms with Crippen LogP contribution in [-0.4, -0.2) is 74.3 Å². The molecular weight excluding hydrogens is 252 g/mol. The zero-order chi connectivity index (χ0) is 11.4. The fourth-order valence-corrected chi connectivity index (χ4v) is 1.14. The Labute approximate surface area is 149 Å². The molecular formula is C11H11N3Na2O2. The third-order valence-corrected chi connectivity index (χ3v) is 1.90. The summed E-state index contributed by atoms with van der Waals surface area (Å²) in [5.74, 6) is 0.157. The molecule has 18 heavy (non-hydrogen) atoms. The number of rotatable bonds is 2. The fraction of sp³-hybridized carbons (Fsp3) is 0. The Hall–Kier alpha value is -0.430. The normalized spacial score (nSPS) is 9.56. The summed E-state index contributed by atoms with van der Waals surface area (Å²) in [7, 11) is 0. The zero-order valence-corrected chi connectivity index (χ0v) is 8.28. The molecule has 2 N–H and O–H groups in total. The molecule has 7 heteroatoms. The third-order valence-electron chi connectivity index (χ3n) is 1.90. The number of aromatic nitrogens is 1. The molecule has 0 aliphatic rings. The summed E-state index contributed by atoms with van der Waals surface area (Å²) in [5, 5.41) is 26.4. The van der Waals surface area contributed by atoms with Gasteiger partial charge in [-0.05, 0) is 24.3 Å². The fourth-order valence-electron chi connectivity index (χ4n) is 1.14. The first kappa shape index (κ1) is 17.6. The molecule has 0 aliphatic carbocycles. The maximum absolute atomic E-state index is 9.44. The molecule has 1 heterocycles. The van der Waals surface area contributed by atoms with Gasteiger partial charge in [0.05, 0.1) is 0 Å². The van der Waals surface area contributed by atoms with E-state index in [9.17, 15) is 10.2 Å². The number of nitrogens with zero attached hydrogens (tertiary/aromatic N) is 3.